The molecule has 0 heterocycles. The Balaban J connectivity index is 1.61. The van der Waals surface area contributed by atoms with Crippen LogP contribution in [0.4, 0.5) is 15.8 Å². The highest BCUT2D eigenvalue weighted by atomic mass is 32.2. The second kappa shape index (κ2) is 10.4. The number of carbonyl (C=O) groups is 1. The zero-order chi connectivity index (χ0) is 24.0. The lowest BCUT2D eigenvalue weighted by Gasteiger charge is -2.20. The van der Waals surface area contributed by atoms with Crippen LogP contribution < -0.4 is 19.1 Å². The van der Waals surface area contributed by atoms with E-state index < -0.39 is 21.7 Å². The van der Waals surface area contributed by atoms with Crippen LogP contribution >= 0.6 is 0 Å². The van der Waals surface area contributed by atoms with Crippen LogP contribution in [-0.4, -0.2) is 34.6 Å². The summed E-state index contributed by atoms with van der Waals surface area (Å²) in [5.74, 6) is 0.0913. The van der Waals surface area contributed by atoms with Crippen molar-refractivity contribution in [1.29, 1.82) is 0 Å². The molecular weight excluding hydrogens is 447 g/mol. The van der Waals surface area contributed by atoms with Crippen LogP contribution in [0.3, 0.4) is 0 Å². The topological polar surface area (TPSA) is 84.9 Å². The Morgan fingerprint density at radius 2 is 1.58 bits per heavy atom. The van der Waals surface area contributed by atoms with E-state index in [9.17, 15) is 17.6 Å². The summed E-state index contributed by atoms with van der Waals surface area (Å²) < 4.78 is 51.1. The van der Waals surface area contributed by atoms with E-state index in [0.29, 0.717) is 29.5 Å². The number of aryl methyl sites for hydroxylation is 1. The van der Waals surface area contributed by atoms with Crippen molar-refractivity contribution in [3.63, 3.8) is 0 Å². The number of sulfonamides is 1. The van der Waals surface area contributed by atoms with Crippen molar-refractivity contribution >= 4 is 27.3 Å². The van der Waals surface area contributed by atoms with Gasteiger partial charge in [-0.3, -0.25) is 9.10 Å². The smallest absolute Gasteiger partial charge is 0.264 e. The molecule has 1 N–H and O–H groups in total. The number of anilines is 2. The van der Waals surface area contributed by atoms with Crippen LogP contribution in [0.2, 0.25) is 0 Å². The van der Waals surface area contributed by atoms with E-state index in [4.69, 9.17) is 9.47 Å². The second-order valence-electron chi connectivity index (χ2n) is 7.17. The standard InChI is InChI=1S/C24H25FN2O5S/c1-4-31-20-11-13-22(14-12-20)33(29,30)27(3)19-7-9-21(10-8-19)32-16-24(28)26-23-15-18(25)6-5-17(23)2/h5-15H,4,16H2,1-3H3,(H,26,28). The molecule has 0 saturated heterocycles. The molecule has 0 aromatic heterocycles. The van der Waals surface area contributed by atoms with E-state index in [1.54, 1.807) is 49.4 Å². The number of hydrogen-bond acceptors (Lipinski definition) is 5. The molecule has 0 aliphatic rings. The molecule has 174 valence electrons. The van der Waals surface area contributed by atoms with Crippen molar-refractivity contribution in [2.45, 2.75) is 18.7 Å². The SMILES string of the molecule is CCOc1ccc(S(=O)(=O)N(C)c2ccc(OCC(=O)Nc3cc(F)ccc3C)cc2)cc1. The highest BCUT2D eigenvalue weighted by Gasteiger charge is 2.21. The van der Waals surface area contributed by atoms with E-state index >= 15 is 0 Å². The molecule has 33 heavy (non-hydrogen) atoms. The van der Waals surface area contributed by atoms with Crippen molar-refractivity contribution < 1.29 is 27.1 Å². The van der Waals surface area contributed by atoms with Crippen molar-refractivity contribution in [3.8, 4) is 11.5 Å². The van der Waals surface area contributed by atoms with E-state index in [2.05, 4.69) is 5.32 Å². The molecule has 0 atom stereocenters. The van der Waals surface area contributed by atoms with Crippen molar-refractivity contribution in [1.82, 2.24) is 0 Å². The first-order valence-electron chi connectivity index (χ1n) is 10.2. The lowest BCUT2D eigenvalue weighted by Crippen LogP contribution is -2.26. The second-order valence-corrected chi connectivity index (χ2v) is 9.14. The number of benzene rings is 3. The number of halogens is 1. The molecule has 3 aromatic carbocycles. The molecule has 0 spiro atoms. The summed E-state index contributed by atoms with van der Waals surface area (Å²) in [6, 6.07) is 16.6. The summed E-state index contributed by atoms with van der Waals surface area (Å²) in [4.78, 5) is 12.3. The fraction of sp³-hybridized carbons (Fsp3) is 0.208. The van der Waals surface area contributed by atoms with Crippen molar-refractivity contribution in [2.24, 2.45) is 0 Å². The lowest BCUT2D eigenvalue weighted by molar-refractivity contribution is -0.118. The third kappa shape index (κ3) is 6.01. The fourth-order valence-electron chi connectivity index (χ4n) is 2.99. The molecule has 9 heteroatoms. The van der Waals surface area contributed by atoms with Gasteiger partial charge in [-0.1, -0.05) is 6.07 Å². The molecule has 0 radical (unpaired) electrons. The molecule has 0 aliphatic heterocycles. The van der Waals surface area contributed by atoms with Gasteiger partial charge in [0.2, 0.25) is 0 Å². The average molecular weight is 473 g/mol. The number of nitrogens with one attached hydrogen (secondary N) is 1. The highest BCUT2D eigenvalue weighted by Crippen LogP contribution is 2.25. The van der Waals surface area contributed by atoms with Gasteiger partial charge < -0.3 is 14.8 Å². The molecule has 7 nitrogen and oxygen atoms in total. The molecule has 0 bridgehead atoms. The third-order valence-electron chi connectivity index (χ3n) is 4.84. The van der Waals surface area contributed by atoms with Crippen LogP contribution in [0.5, 0.6) is 11.5 Å². The Bertz CT molecular complexity index is 1210. The van der Waals surface area contributed by atoms with Crippen LogP contribution in [0.25, 0.3) is 0 Å². The van der Waals surface area contributed by atoms with E-state index in [1.807, 2.05) is 6.92 Å². The number of nitrogens with zero attached hydrogens (tertiary/aromatic N) is 1. The minimum absolute atomic E-state index is 0.137. The normalized spacial score (nSPS) is 11.0. The van der Waals surface area contributed by atoms with Gasteiger partial charge in [0.15, 0.2) is 6.61 Å². The number of hydrogen-bond donors (Lipinski definition) is 1. The van der Waals surface area contributed by atoms with Crippen LogP contribution in [0.1, 0.15) is 12.5 Å². The minimum atomic E-state index is -3.76. The molecule has 3 aromatic rings. The van der Waals surface area contributed by atoms with Gasteiger partial charge in [-0.25, -0.2) is 12.8 Å². The van der Waals surface area contributed by atoms with Crippen LogP contribution in [0.15, 0.2) is 71.6 Å². The quantitative estimate of drug-likeness (QED) is 0.500. The number of rotatable bonds is 9. The zero-order valence-corrected chi connectivity index (χ0v) is 19.4. The van der Waals surface area contributed by atoms with Crippen LogP contribution in [0, 0.1) is 12.7 Å². The Hall–Kier alpha value is -3.59. The van der Waals surface area contributed by atoms with Gasteiger partial charge in [-0.05, 0) is 80.1 Å². The minimum Gasteiger partial charge on any atom is -0.494 e. The number of carbonyl (C=O) groups excluding carboxylic acids is 1. The summed E-state index contributed by atoms with van der Waals surface area (Å²) in [6.07, 6.45) is 0. The molecule has 0 saturated carbocycles. The first kappa shape index (κ1) is 24.1. The van der Waals surface area contributed by atoms with Gasteiger partial charge >= 0.3 is 0 Å². The van der Waals surface area contributed by atoms with Crippen molar-refractivity contribution in [3.05, 3.63) is 78.1 Å². The molecule has 0 aliphatic carbocycles. The van der Waals surface area contributed by atoms with Crippen molar-refractivity contribution in [2.75, 3.05) is 29.9 Å². The Labute approximate surface area is 192 Å². The molecule has 1 amide bonds. The highest BCUT2D eigenvalue weighted by molar-refractivity contribution is 7.92. The van der Waals surface area contributed by atoms with Gasteiger partial charge in [-0.15, -0.1) is 0 Å². The molecular formula is C24H25FN2O5S. The number of amides is 1. The largest absolute Gasteiger partial charge is 0.494 e. The fourth-order valence-corrected chi connectivity index (χ4v) is 4.18. The summed E-state index contributed by atoms with van der Waals surface area (Å²) in [5.41, 5.74) is 1.53. The van der Waals surface area contributed by atoms with Gasteiger partial charge in [0.25, 0.3) is 15.9 Å². The van der Waals surface area contributed by atoms with E-state index in [1.165, 1.54) is 31.3 Å². The predicted octanol–water partition coefficient (Wildman–Crippen LogP) is 4.38. The molecule has 0 fully saturated rings. The monoisotopic (exact) mass is 472 g/mol. The molecule has 0 unspecified atom stereocenters. The maximum Gasteiger partial charge on any atom is 0.264 e. The van der Waals surface area contributed by atoms with E-state index in [-0.39, 0.29) is 11.5 Å². The Morgan fingerprint density at radius 1 is 0.970 bits per heavy atom. The Morgan fingerprint density at radius 3 is 2.21 bits per heavy atom. The molecule has 3 rings (SSSR count). The summed E-state index contributed by atoms with van der Waals surface area (Å²) in [7, 11) is -2.31. The van der Waals surface area contributed by atoms with Gasteiger partial charge in [-0.2, -0.15) is 0 Å². The zero-order valence-electron chi connectivity index (χ0n) is 18.5. The summed E-state index contributed by atoms with van der Waals surface area (Å²) in [6.45, 7) is 3.82. The van der Waals surface area contributed by atoms with Crippen LogP contribution in [-0.2, 0) is 14.8 Å². The maximum absolute atomic E-state index is 13.4. The summed E-state index contributed by atoms with van der Waals surface area (Å²) in [5, 5.41) is 2.60. The Kier molecular flexibility index (Phi) is 7.55. The lowest BCUT2D eigenvalue weighted by atomic mass is 10.2. The van der Waals surface area contributed by atoms with Gasteiger partial charge in [0, 0.05) is 12.7 Å². The summed E-state index contributed by atoms with van der Waals surface area (Å²) >= 11 is 0. The average Bonchev–Trinajstić information content (AvgIpc) is 2.80. The first-order valence-corrected chi connectivity index (χ1v) is 11.7. The van der Waals surface area contributed by atoms with Gasteiger partial charge in [0.1, 0.15) is 17.3 Å². The first-order chi connectivity index (χ1) is 15.7. The van der Waals surface area contributed by atoms with E-state index in [0.717, 1.165) is 9.87 Å². The maximum atomic E-state index is 13.4. The third-order valence-corrected chi connectivity index (χ3v) is 6.64. The van der Waals surface area contributed by atoms with Gasteiger partial charge in [0.05, 0.1) is 17.2 Å². The predicted molar refractivity (Wildman–Crippen MR) is 125 cm³/mol. The number of ether oxygens (including phenoxy) is 2.